The largest absolute Gasteiger partial charge is 0.486 e. The average molecular weight is 293 g/mol. The van der Waals surface area contributed by atoms with Crippen molar-refractivity contribution in [2.75, 3.05) is 0 Å². The first kappa shape index (κ1) is 14.4. The highest BCUT2D eigenvalue weighted by Gasteiger charge is 2.09. The molecule has 0 aliphatic rings. The summed E-state index contributed by atoms with van der Waals surface area (Å²) in [5.41, 5.74) is 6.65. The lowest BCUT2D eigenvalue weighted by atomic mass is 10.1. The summed E-state index contributed by atoms with van der Waals surface area (Å²) in [4.78, 5) is 0.126. The molecule has 2 nitrogen and oxygen atoms in total. The van der Waals surface area contributed by atoms with Crippen molar-refractivity contribution in [3.63, 3.8) is 0 Å². The topological polar surface area (TPSA) is 35.2 Å². The van der Waals surface area contributed by atoms with E-state index < -0.39 is 11.6 Å². The number of hydrogen-bond donors (Lipinski definition) is 1. The van der Waals surface area contributed by atoms with Crippen LogP contribution in [0, 0.1) is 18.6 Å². The van der Waals surface area contributed by atoms with E-state index in [2.05, 4.69) is 0 Å². The maximum Gasteiger partial charge on any atom is 0.167 e. The highest BCUT2D eigenvalue weighted by atomic mass is 32.1. The van der Waals surface area contributed by atoms with Gasteiger partial charge in [-0.3, -0.25) is 0 Å². The lowest BCUT2D eigenvalue weighted by molar-refractivity contribution is 0.284. The van der Waals surface area contributed by atoms with Gasteiger partial charge in [0.1, 0.15) is 17.4 Å². The van der Waals surface area contributed by atoms with Gasteiger partial charge in [-0.15, -0.1) is 0 Å². The summed E-state index contributed by atoms with van der Waals surface area (Å²) in [6.07, 6.45) is 0. The highest BCUT2D eigenvalue weighted by Crippen LogP contribution is 2.21. The molecule has 0 saturated carbocycles. The van der Waals surface area contributed by atoms with E-state index in [0.29, 0.717) is 16.7 Å². The van der Waals surface area contributed by atoms with Gasteiger partial charge in [0.15, 0.2) is 11.6 Å². The second kappa shape index (κ2) is 5.96. The van der Waals surface area contributed by atoms with E-state index in [1.807, 2.05) is 0 Å². The van der Waals surface area contributed by atoms with Crippen LogP contribution < -0.4 is 10.5 Å². The molecule has 0 aliphatic heterocycles. The quantitative estimate of drug-likeness (QED) is 0.877. The number of benzene rings is 2. The number of aryl methyl sites for hydroxylation is 1. The number of rotatable bonds is 4. The van der Waals surface area contributed by atoms with E-state index >= 15 is 0 Å². The molecular weight excluding hydrogens is 280 g/mol. The molecule has 2 aromatic rings. The molecule has 0 saturated heterocycles. The first-order valence-corrected chi connectivity index (χ1v) is 6.36. The van der Waals surface area contributed by atoms with Gasteiger partial charge in [-0.25, -0.2) is 8.78 Å². The van der Waals surface area contributed by atoms with E-state index in [0.717, 1.165) is 0 Å². The minimum Gasteiger partial charge on any atom is -0.486 e. The summed E-state index contributed by atoms with van der Waals surface area (Å²) in [5.74, 6) is -0.821. The van der Waals surface area contributed by atoms with Crippen LogP contribution in [-0.2, 0) is 6.61 Å². The molecule has 0 heterocycles. The zero-order valence-corrected chi connectivity index (χ0v) is 11.6. The van der Waals surface area contributed by atoms with Gasteiger partial charge in [-0.05, 0) is 24.6 Å². The zero-order chi connectivity index (χ0) is 14.7. The Hall–Kier alpha value is -2.01. The van der Waals surface area contributed by atoms with Crippen molar-refractivity contribution in [2.45, 2.75) is 13.5 Å². The molecule has 0 aromatic heterocycles. The summed E-state index contributed by atoms with van der Waals surface area (Å²) < 4.78 is 32.8. The van der Waals surface area contributed by atoms with Crippen molar-refractivity contribution in [1.29, 1.82) is 0 Å². The minimum atomic E-state index is -0.483. The van der Waals surface area contributed by atoms with E-state index in [9.17, 15) is 8.78 Å². The molecule has 2 N–H and O–H groups in total. The van der Waals surface area contributed by atoms with Crippen LogP contribution in [0.5, 0.6) is 5.75 Å². The number of hydrogen-bond acceptors (Lipinski definition) is 2. The van der Waals surface area contributed by atoms with Crippen LogP contribution >= 0.6 is 12.2 Å². The van der Waals surface area contributed by atoms with Crippen LogP contribution in [0.25, 0.3) is 0 Å². The Balaban J connectivity index is 2.15. The fourth-order valence-corrected chi connectivity index (χ4v) is 1.83. The number of nitrogens with two attached hydrogens (primary N) is 1. The first-order chi connectivity index (χ1) is 9.49. The monoisotopic (exact) mass is 293 g/mol. The van der Waals surface area contributed by atoms with E-state index in [1.54, 1.807) is 25.1 Å². The predicted molar refractivity (Wildman–Crippen MR) is 77.8 cm³/mol. The van der Waals surface area contributed by atoms with Crippen molar-refractivity contribution < 1.29 is 13.5 Å². The third-order valence-electron chi connectivity index (χ3n) is 2.88. The maximum atomic E-state index is 13.8. The van der Waals surface area contributed by atoms with Gasteiger partial charge in [-0.2, -0.15) is 0 Å². The van der Waals surface area contributed by atoms with Crippen molar-refractivity contribution >= 4 is 17.2 Å². The Labute approximate surface area is 121 Å². The smallest absolute Gasteiger partial charge is 0.167 e. The number of ether oxygens (including phenoxy) is 1. The minimum absolute atomic E-state index is 0.0657. The van der Waals surface area contributed by atoms with Gasteiger partial charge < -0.3 is 10.5 Å². The predicted octanol–water partition coefficient (Wildman–Crippen LogP) is 3.49. The number of thiocarbonyl (C=S) groups is 1. The summed E-state index contributed by atoms with van der Waals surface area (Å²) in [5, 5.41) is 0. The Bertz CT molecular complexity index is 658. The summed E-state index contributed by atoms with van der Waals surface area (Å²) in [6, 6.07) is 9.20. The normalized spacial score (nSPS) is 10.3. The molecule has 0 fully saturated rings. The molecule has 2 aromatic carbocycles. The summed E-state index contributed by atoms with van der Waals surface area (Å²) >= 11 is 4.77. The lowest BCUT2D eigenvalue weighted by Crippen LogP contribution is -2.10. The first-order valence-electron chi connectivity index (χ1n) is 5.95. The van der Waals surface area contributed by atoms with Gasteiger partial charge in [0.05, 0.1) is 0 Å². The van der Waals surface area contributed by atoms with E-state index in [4.69, 9.17) is 22.7 Å². The van der Waals surface area contributed by atoms with Crippen LogP contribution in [-0.4, -0.2) is 4.99 Å². The molecule has 0 radical (unpaired) electrons. The molecule has 0 atom stereocenters. The van der Waals surface area contributed by atoms with Crippen LogP contribution in [0.1, 0.15) is 16.7 Å². The van der Waals surface area contributed by atoms with Gasteiger partial charge in [0.2, 0.25) is 0 Å². The fourth-order valence-electron chi connectivity index (χ4n) is 1.71. The van der Waals surface area contributed by atoms with Crippen molar-refractivity contribution in [2.24, 2.45) is 5.73 Å². The van der Waals surface area contributed by atoms with Gasteiger partial charge in [-0.1, -0.05) is 36.5 Å². The maximum absolute atomic E-state index is 13.8. The Morgan fingerprint density at radius 2 is 2.00 bits per heavy atom. The van der Waals surface area contributed by atoms with E-state index in [-0.39, 0.29) is 17.3 Å². The van der Waals surface area contributed by atoms with E-state index in [1.165, 1.54) is 18.2 Å². The average Bonchev–Trinajstić information content (AvgIpc) is 2.41. The second-order valence-corrected chi connectivity index (χ2v) is 4.79. The summed E-state index contributed by atoms with van der Waals surface area (Å²) in [6.45, 7) is 1.57. The molecule has 0 bridgehead atoms. The lowest BCUT2D eigenvalue weighted by Gasteiger charge is -2.10. The third kappa shape index (κ3) is 3.11. The standard InChI is InChI=1S/C15H13F2NOS/c1-9-3-2-4-13(14(9)17)19-8-11-6-5-10(15(18)20)7-12(11)16/h2-7H,8H2,1H3,(H2,18,20). The zero-order valence-electron chi connectivity index (χ0n) is 10.8. The molecular formula is C15H13F2NOS. The Kier molecular flexibility index (Phi) is 4.29. The van der Waals surface area contributed by atoms with Gasteiger partial charge >= 0.3 is 0 Å². The van der Waals surface area contributed by atoms with Gasteiger partial charge in [0, 0.05) is 11.1 Å². The molecule has 2 rings (SSSR count). The molecule has 0 spiro atoms. The van der Waals surface area contributed by atoms with Crippen molar-refractivity contribution in [3.05, 3.63) is 64.7 Å². The number of halogens is 2. The van der Waals surface area contributed by atoms with Crippen LogP contribution in [0.4, 0.5) is 8.78 Å². The molecule has 0 aliphatic carbocycles. The fraction of sp³-hybridized carbons (Fsp3) is 0.133. The van der Waals surface area contributed by atoms with Crippen molar-refractivity contribution in [3.8, 4) is 5.75 Å². The SMILES string of the molecule is Cc1cccc(OCc2ccc(C(N)=S)cc2F)c1F. The van der Waals surface area contributed by atoms with Crippen LogP contribution in [0.2, 0.25) is 0 Å². The highest BCUT2D eigenvalue weighted by molar-refractivity contribution is 7.80. The molecule has 5 heteroatoms. The third-order valence-corrected chi connectivity index (χ3v) is 3.11. The van der Waals surface area contributed by atoms with Crippen LogP contribution in [0.15, 0.2) is 36.4 Å². The molecule has 104 valence electrons. The Morgan fingerprint density at radius 3 is 2.65 bits per heavy atom. The molecule has 0 amide bonds. The van der Waals surface area contributed by atoms with Gasteiger partial charge in [0.25, 0.3) is 0 Å². The molecule has 0 unspecified atom stereocenters. The van der Waals surface area contributed by atoms with Crippen molar-refractivity contribution in [1.82, 2.24) is 0 Å². The second-order valence-electron chi connectivity index (χ2n) is 4.35. The summed E-state index contributed by atoms with van der Waals surface area (Å²) in [7, 11) is 0. The van der Waals surface area contributed by atoms with Crippen LogP contribution in [0.3, 0.4) is 0 Å². The Morgan fingerprint density at radius 1 is 1.25 bits per heavy atom. The molecule has 20 heavy (non-hydrogen) atoms.